The zero-order valence-corrected chi connectivity index (χ0v) is 19.9. The monoisotopic (exact) mass is 459 g/mol. The molecule has 5 heteroatoms. The highest BCUT2D eigenvalue weighted by Crippen LogP contribution is 2.45. The summed E-state index contributed by atoms with van der Waals surface area (Å²) in [6.45, 7) is 7.56. The van der Waals surface area contributed by atoms with E-state index in [-0.39, 0.29) is 0 Å². The molecule has 0 aliphatic heterocycles. The van der Waals surface area contributed by atoms with E-state index in [1.807, 2.05) is 82.3 Å². The van der Waals surface area contributed by atoms with E-state index in [1.54, 1.807) is 12.4 Å². The Morgan fingerprint density at radius 1 is 0.939 bits per heavy atom. The number of carboxylic acids is 1. The van der Waals surface area contributed by atoms with Crippen LogP contribution in [0.5, 0.6) is 0 Å². The molecule has 0 saturated heterocycles. The van der Waals surface area contributed by atoms with E-state index in [4.69, 9.17) is 16.3 Å². The quantitative estimate of drug-likeness (QED) is 0.336. The number of aromatic nitrogens is 1. The molecule has 0 spiro atoms. The fourth-order valence-corrected chi connectivity index (χ4v) is 4.44. The molecule has 0 aliphatic rings. The average Bonchev–Trinajstić information content (AvgIpc) is 2.77. The van der Waals surface area contributed by atoms with Crippen LogP contribution in [0.3, 0.4) is 0 Å². The zero-order chi connectivity index (χ0) is 23.8. The Hall–Kier alpha value is -3.21. The molecule has 0 saturated carbocycles. The van der Waals surface area contributed by atoms with Gasteiger partial charge in [-0.3, -0.25) is 4.98 Å². The SMILES string of the molecule is Cc1c(C(OC(C)(C)C)C(=O)O)c(-c2ccc(Cl)cc2)c2ccccc2c1-c1cccnc1. The number of pyridine rings is 1. The van der Waals surface area contributed by atoms with Crippen LogP contribution in [0.15, 0.2) is 73.1 Å². The topological polar surface area (TPSA) is 59.4 Å². The molecule has 4 rings (SSSR count). The smallest absolute Gasteiger partial charge is 0.337 e. The van der Waals surface area contributed by atoms with E-state index < -0.39 is 17.7 Å². The minimum Gasteiger partial charge on any atom is -0.479 e. The number of fused-ring (bicyclic) bond motifs is 1. The van der Waals surface area contributed by atoms with E-state index in [0.717, 1.165) is 38.6 Å². The number of hydrogen-bond acceptors (Lipinski definition) is 3. The van der Waals surface area contributed by atoms with Crippen LogP contribution in [0.25, 0.3) is 33.0 Å². The molecule has 168 valence electrons. The fourth-order valence-electron chi connectivity index (χ4n) is 4.31. The van der Waals surface area contributed by atoms with Crippen LogP contribution in [0.2, 0.25) is 5.02 Å². The summed E-state index contributed by atoms with van der Waals surface area (Å²) in [6, 6.07) is 19.4. The number of ether oxygens (including phenoxy) is 1. The van der Waals surface area contributed by atoms with Crippen LogP contribution in [0.4, 0.5) is 0 Å². The summed E-state index contributed by atoms with van der Waals surface area (Å²) in [5.41, 5.74) is 4.43. The van der Waals surface area contributed by atoms with E-state index in [1.165, 1.54) is 0 Å². The zero-order valence-electron chi connectivity index (χ0n) is 19.1. The molecule has 0 amide bonds. The Balaban J connectivity index is 2.17. The normalized spacial score (nSPS) is 12.6. The van der Waals surface area contributed by atoms with Gasteiger partial charge in [0.1, 0.15) is 0 Å². The van der Waals surface area contributed by atoms with Crippen molar-refractivity contribution < 1.29 is 14.6 Å². The molecule has 3 aromatic carbocycles. The fraction of sp³-hybridized carbons (Fsp3) is 0.214. The van der Waals surface area contributed by atoms with Gasteiger partial charge in [0.15, 0.2) is 6.10 Å². The maximum Gasteiger partial charge on any atom is 0.337 e. The van der Waals surface area contributed by atoms with E-state index in [9.17, 15) is 9.90 Å². The first-order valence-corrected chi connectivity index (χ1v) is 11.2. The minimum atomic E-state index is -1.16. The third kappa shape index (κ3) is 4.63. The Bertz CT molecular complexity index is 1310. The van der Waals surface area contributed by atoms with Crippen molar-refractivity contribution in [3.05, 3.63) is 89.2 Å². The summed E-state index contributed by atoms with van der Waals surface area (Å²) in [4.78, 5) is 16.9. The third-order valence-corrected chi connectivity index (χ3v) is 5.81. The van der Waals surface area contributed by atoms with Crippen molar-refractivity contribution in [2.75, 3.05) is 0 Å². The van der Waals surface area contributed by atoms with Gasteiger partial charge in [-0.25, -0.2) is 4.79 Å². The second-order valence-electron chi connectivity index (χ2n) is 9.03. The maximum absolute atomic E-state index is 12.6. The highest BCUT2D eigenvalue weighted by molar-refractivity contribution is 6.30. The summed E-state index contributed by atoms with van der Waals surface area (Å²) in [7, 11) is 0. The standard InChI is InChI=1S/C28H26ClNO3/c1-17-23(19-8-7-15-30-16-19)21-9-5-6-10-22(21)25(18-11-13-20(29)14-12-18)24(17)26(27(31)32)33-28(2,3)4/h5-16,26H,1-4H3,(H,31,32). The molecule has 1 aromatic heterocycles. The number of hydrogen-bond donors (Lipinski definition) is 1. The predicted octanol–water partition coefficient (Wildman–Crippen LogP) is 7.47. The second-order valence-corrected chi connectivity index (χ2v) is 9.47. The lowest BCUT2D eigenvalue weighted by Crippen LogP contribution is -2.28. The summed E-state index contributed by atoms with van der Waals surface area (Å²) >= 11 is 6.17. The van der Waals surface area contributed by atoms with Crippen molar-refractivity contribution >= 4 is 28.3 Å². The molecule has 0 bridgehead atoms. The molecule has 4 nitrogen and oxygen atoms in total. The lowest BCUT2D eigenvalue weighted by Gasteiger charge is -2.30. The molecule has 0 aliphatic carbocycles. The summed E-state index contributed by atoms with van der Waals surface area (Å²) in [5.74, 6) is -1.03. The second kappa shape index (κ2) is 8.97. The molecular weight excluding hydrogens is 434 g/mol. The Morgan fingerprint density at radius 2 is 1.58 bits per heavy atom. The van der Waals surface area contributed by atoms with Crippen molar-refractivity contribution in [1.82, 2.24) is 4.98 Å². The average molecular weight is 460 g/mol. The molecule has 1 N–H and O–H groups in total. The maximum atomic E-state index is 12.6. The first-order chi connectivity index (χ1) is 15.7. The van der Waals surface area contributed by atoms with E-state index in [2.05, 4.69) is 11.1 Å². The number of rotatable bonds is 5. The van der Waals surface area contributed by atoms with Gasteiger partial charge in [-0.1, -0.05) is 54.1 Å². The minimum absolute atomic E-state index is 0.619. The summed E-state index contributed by atoms with van der Waals surface area (Å²) < 4.78 is 6.15. The molecule has 1 unspecified atom stereocenters. The highest BCUT2D eigenvalue weighted by Gasteiger charge is 2.33. The number of aliphatic carboxylic acids is 1. The van der Waals surface area contributed by atoms with Gasteiger partial charge >= 0.3 is 5.97 Å². The molecule has 1 heterocycles. The predicted molar refractivity (Wildman–Crippen MR) is 134 cm³/mol. The largest absolute Gasteiger partial charge is 0.479 e. The van der Waals surface area contributed by atoms with Gasteiger partial charge in [-0.05, 0) is 78.9 Å². The van der Waals surface area contributed by atoms with Gasteiger partial charge in [0.2, 0.25) is 0 Å². The van der Waals surface area contributed by atoms with E-state index in [0.29, 0.717) is 10.6 Å². The van der Waals surface area contributed by atoms with Crippen molar-refractivity contribution in [2.45, 2.75) is 39.4 Å². The molecule has 0 radical (unpaired) electrons. The van der Waals surface area contributed by atoms with Crippen LogP contribution < -0.4 is 0 Å². The lowest BCUT2D eigenvalue weighted by molar-refractivity contribution is -0.160. The Morgan fingerprint density at radius 3 is 2.12 bits per heavy atom. The molecule has 4 aromatic rings. The number of carboxylic acid groups (broad SMARTS) is 1. The van der Waals surface area contributed by atoms with Gasteiger partial charge in [0.05, 0.1) is 5.60 Å². The number of benzene rings is 3. The summed E-state index contributed by atoms with van der Waals surface area (Å²) in [5, 5.41) is 12.9. The third-order valence-electron chi connectivity index (χ3n) is 5.56. The Kier molecular flexibility index (Phi) is 6.24. The Labute approximate surface area is 198 Å². The van der Waals surface area contributed by atoms with Gasteiger partial charge in [-0.2, -0.15) is 0 Å². The molecular formula is C28H26ClNO3. The van der Waals surface area contributed by atoms with E-state index >= 15 is 0 Å². The molecule has 1 atom stereocenters. The number of halogens is 1. The van der Waals surface area contributed by atoms with Crippen LogP contribution >= 0.6 is 11.6 Å². The van der Waals surface area contributed by atoms with Crippen LogP contribution in [0.1, 0.15) is 38.0 Å². The van der Waals surface area contributed by atoms with Gasteiger partial charge in [0.25, 0.3) is 0 Å². The van der Waals surface area contributed by atoms with Crippen LogP contribution in [-0.2, 0) is 9.53 Å². The summed E-state index contributed by atoms with van der Waals surface area (Å²) in [6.07, 6.45) is 2.38. The van der Waals surface area contributed by atoms with Crippen molar-refractivity contribution in [3.63, 3.8) is 0 Å². The highest BCUT2D eigenvalue weighted by atomic mass is 35.5. The number of carbonyl (C=O) groups is 1. The van der Waals surface area contributed by atoms with Crippen molar-refractivity contribution in [3.8, 4) is 22.3 Å². The van der Waals surface area contributed by atoms with Gasteiger partial charge < -0.3 is 9.84 Å². The molecule has 0 fully saturated rings. The lowest BCUT2D eigenvalue weighted by atomic mass is 9.82. The first kappa shape index (κ1) is 23.0. The van der Waals surface area contributed by atoms with Crippen LogP contribution in [-0.4, -0.2) is 21.7 Å². The van der Waals surface area contributed by atoms with Crippen LogP contribution in [0, 0.1) is 6.92 Å². The van der Waals surface area contributed by atoms with Gasteiger partial charge in [-0.15, -0.1) is 0 Å². The van der Waals surface area contributed by atoms with Crippen molar-refractivity contribution in [2.24, 2.45) is 0 Å². The van der Waals surface area contributed by atoms with Crippen molar-refractivity contribution in [1.29, 1.82) is 0 Å². The first-order valence-electron chi connectivity index (χ1n) is 10.8. The number of nitrogens with zero attached hydrogens (tertiary/aromatic N) is 1. The van der Waals surface area contributed by atoms with Gasteiger partial charge in [0, 0.05) is 28.5 Å². The molecule has 33 heavy (non-hydrogen) atoms.